The second-order valence-corrected chi connectivity index (χ2v) is 6.38. The molecule has 3 aliphatic carbocycles. The maximum atomic E-state index is 13.7. The van der Waals surface area contributed by atoms with Crippen molar-refractivity contribution in [3.63, 3.8) is 0 Å². The third-order valence-electron chi connectivity index (χ3n) is 5.43. The Labute approximate surface area is 116 Å². The fourth-order valence-electron chi connectivity index (χ4n) is 4.58. The normalized spacial score (nSPS) is 36.8. The molecule has 0 heterocycles. The molecule has 3 fully saturated rings. The number of nitrogens with two attached hydrogens (primary N) is 1. The van der Waals surface area contributed by atoms with E-state index in [9.17, 15) is 9.18 Å². The number of halogens is 1. The van der Waals surface area contributed by atoms with Gasteiger partial charge in [0.05, 0.1) is 16.9 Å². The number of aromatic carboxylic acids is 1. The third kappa shape index (κ3) is 1.55. The molecule has 0 aromatic heterocycles. The highest BCUT2D eigenvalue weighted by Crippen LogP contribution is 2.66. The molecule has 0 amide bonds. The van der Waals surface area contributed by atoms with Gasteiger partial charge in [-0.3, -0.25) is 0 Å². The number of anilines is 2. The Morgan fingerprint density at radius 1 is 1.30 bits per heavy atom. The van der Waals surface area contributed by atoms with E-state index in [-0.39, 0.29) is 5.56 Å². The second-order valence-electron chi connectivity index (χ2n) is 6.38. The van der Waals surface area contributed by atoms with Crippen molar-refractivity contribution in [2.24, 2.45) is 23.7 Å². The first-order valence-electron chi connectivity index (χ1n) is 7.15. The van der Waals surface area contributed by atoms with Gasteiger partial charge in [0, 0.05) is 6.04 Å². The summed E-state index contributed by atoms with van der Waals surface area (Å²) in [7, 11) is 0. The van der Waals surface area contributed by atoms with Crippen molar-refractivity contribution in [1.29, 1.82) is 0 Å². The van der Waals surface area contributed by atoms with Crippen LogP contribution in [0.4, 0.5) is 15.8 Å². The number of nitrogen functional groups attached to an aromatic ring is 1. The molecule has 4 rings (SSSR count). The lowest BCUT2D eigenvalue weighted by Crippen LogP contribution is -2.14. The first kappa shape index (κ1) is 12.0. The van der Waals surface area contributed by atoms with Crippen LogP contribution in [0.3, 0.4) is 0 Å². The number of carbonyl (C=O) groups is 1. The summed E-state index contributed by atoms with van der Waals surface area (Å²) in [6.07, 6.45) is 4.01. The molecule has 1 aromatic carbocycles. The van der Waals surface area contributed by atoms with Crippen molar-refractivity contribution < 1.29 is 14.3 Å². The van der Waals surface area contributed by atoms with Crippen LogP contribution in [-0.2, 0) is 0 Å². The van der Waals surface area contributed by atoms with E-state index in [4.69, 9.17) is 10.8 Å². The lowest BCUT2D eigenvalue weighted by atomic mass is 10.0. The van der Waals surface area contributed by atoms with E-state index in [1.54, 1.807) is 0 Å². The Morgan fingerprint density at radius 3 is 2.55 bits per heavy atom. The van der Waals surface area contributed by atoms with E-state index in [1.807, 2.05) is 0 Å². The van der Waals surface area contributed by atoms with Gasteiger partial charge in [-0.25, -0.2) is 9.18 Å². The van der Waals surface area contributed by atoms with Crippen LogP contribution >= 0.6 is 0 Å². The molecule has 4 unspecified atom stereocenters. The smallest absolute Gasteiger partial charge is 0.338 e. The van der Waals surface area contributed by atoms with Crippen LogP contribution in [0, 0.1) is 29.5 Å². The quantitative estimate of drug-likeness (QED) is 0.742. The summed E-state index contributed by atoms with van der Waals surface area (Å²) in [6.45, 7) is 0. The minimum atomic E-state index is -1.29. The van der Waals surface area contributed by atoms with Crippen LogP contribution in [0.5, 0.6) is 0 Å². The first-order valence-corrected chi connectivity index (χ1v) is 7.15. The van der Waals surface area contributed by atoms with Gasteiger partial charge in [0.1, 0.15) is 5.82 Å². The molecule has 20 heavy (non-hydrogen) atoms. The van der Waals surface area contributed by atoms with Gasteiger partial charge in [0.25, 0.3) is 0 Å². The summed E-state index contributed by atoms with van der Waals surface area (Å²) < 4.78 is 13.7. The van der Waals surface area contributed by atoms with Gasteiger partial charge in [0.2, 0.25) is 0 Å². The van der Waals surface area contributed by atoms with Crippen molar-refractivity contribution in [3.05, 3.63) is 23.5 Å². The number of carboxylic acid groups (broad SMARTS) is 1. The van der Waals surface area contributed by atoms with Gasteiger partial charge in [-0.1, -0.05) is 0 Å². The number of hydrogen-bond acceptors (Lipinski definition) is 3. The maximum absolute atomic E-state index is 13.7. The highest BCUT2D eigenvalue weighted by Gasteiger charge is 2.65. The third-order valence-corrected chi connectivity index (χ3v) is 5.43. The molecule has 3 aliphatic rings. The zero-order valence-electron chi connectivity index (χ0n) is 11.0. The highest BCUT2D eigenvalue weighted by atomic mass is 19.1. The number of benzene rings is 1. The van der Waals surface area contributed by atoms with Crippen LogP contribution in [0.2, 0.25) is 0 Å². The van der Waals surface area contributed by atoms with E-state index in [1.165, 1.54) is 31.4 Å². The summed E-state index contributed by atoms with van der Waals surface area (Å²) >= 11 is 0. The van der Waals surface area contributed by atoms with Crippen molar-refractivity contribution >= 4 is 17.3 Å². The minimum Gasteiger partial charge on any atom is -0.478 e. The predicted molar refractivity (Wildman–Crippen MR) is 73.0 cm³/mol. The fraction of sp³-hybridized carbons (Fsp3) is 0.533. The summed E-state index contributed by atoms with van der Waals surface area (Å²) in [6, 6.07) is 2.82. The monoisotopic (exact) mass is 276 g/mol. The minimum absolute atomic E-state index is 0.307. The van der Waals surface area contributed by atoms with Gasteiger partial charge in [-0.15, -0.1) is 0 Å². The molecular formula is C15H17FN2O2. The van der Waals surface area contributed by atoms with Gasteiger partial charge >= 0.3 is 5.97 Å². The number of carboxylic acids is 1. The molecular weight excluding hydrogens is 259 g/mol. The van der Waals surface area contributed by atoms with Crippen molar-refractivity contribution in [2.45, 2.75) is 25.3 Å². The Balaban J connectivity index is 1.56. The van der Waals surface area contributed by atoms with Gasteiger partial charge in [0.15, 0.2) is 0 Å². The molecule has 0 spiro atoms. The number of fused-ring (bicyclic) bond motifs is 5. The summed E-state index contributed by atoms with van der Waals surface area (Å²) in [5, 5.41) is 12.2. The number of nitrogens with one attached hydrogen (secondary N) is 1. The molecule has 4 atom stereocenters. The lowest BCUT2D eigenvalue weighted by molar-refractivity contribution is 0.0692. The molecule has 5 heteroatoms. The number of hydrogen-bond donors (Lipinski definition) is 3. The molecule has 0 aliphatic heterocycles. The average Bonchev–Trinajstić information content (AvgIpc) is 2.80. The van der Waals surface area contributed by atoms with Gasteiger partial charge in [-0.2, -0.15) is 0 Å². The van der Waals surface area contributed by atoms with E-state index < -0.39 is 11.8 Å². The second kappa shape index (κ2) is 3.87. The van der Waals surface area contributed by atoms with E-state index in [0.29, 0.717) is 17.4 Å². The number of rotatable bonds is 3. The zero-order valence-corrected chi connectivity index (χ0v) is 11.0. The van der Waals surface area contributed by atoms with Gasteiger partial charge in [-0.05, 0) is 55.1 Å². The summed E-state index contributed by atoms with van der Waals surface area (Å²) in [5.74, 6) is 1.06. The molecule has 0 saturated heterocycles. The largest absolute Gasteiger partial charge is 0.478 e. The molecule has 4 N–H and O–H groups in total. The van der Waals surface area contributed by atoms with Crippen molar-refractivity contribution in [2.75, 3.05) is 11.1 Å². The molecule has 106 valence electrons. The Morgan fingerprint density at radius 2 is 1.95 bits per heavy atom. The molecule has 2 bridgehead atoms. The van der Waals surface area contributed by atoms with Crippen LogP contribution < -0.4 is 11.1 Å². The zero-order chi connectivity index (χ0) is 14.0. The van der Waals surface area contributed by atoms with E-state index >= 15 is 0 Å². The Bertz CT molecular complexity index is 588. The maximum Gasteiger partial charge on any atom is 0.338 e. The molecule has 3 saturated carbocycles. The van der Waals surface area contributed by atoms with Crippen molar-refractivity contribution in [3.8, 4) is 0 Å². The standard InChI is InChI=1S/C15H17FN2O2/c16-9-5-11(10(17)4-8(9)15(19)20)18-14-12-6-1-2-7(3-6)13(12)14/h4-7,12-14,18H,1-3,17H2,(H,19,20). The van der Waals surface area contributed by atoms with Crippen LogP contribution in [-0.4, -0.2) is 17.1 Å². The average molecular weight is 276 g/mol. The van der Waals surface area contributed by atoms with Crippen LogP contribution in [0.25, 0.3) is 0 Å². The fourth-order valence-corrected chi connectivity index (χ4v) is 4.58. The predicted octanol–water partition coefficient (Wildman–Crippen LogP) is 2.56. The summed E-state index contributed by atoms with van der Waals surface area (Å²) in [5.41, 5.74) is 6.32. The molecule has 4 nitrogen and oxygen atoms in total. The molecule has 1 aromatic rings. The Kier molecular flexibility index (Phi) is 2.32. The lowest BCUT2D eigenvalue weighted by Gasteiger charge is -2.14. The topological polar surface area (TPSA) is 75.4 Å². The highest BCUT2D eigenvalue weighted by molar-refractivity contribution is 5.90. The van der Waals surface area contributed by atoms with Crippen LogP contribution in [0.1, 0.15) is 29.6 Å². The first-order chi connectivity index (χ1) is 9.56. The van der Waals surface area contributed by atoms with Crippen molar-refractivity contribution in [1.82, 2.24) is 0 Å². The Hall–Kier alpha value is -1.78. The van der Waals surface area contributed by atoms with Crippen LogP contribution in [0.15, 0.2) is 12.1 Å². The van der Waals surface area contributed by atoms with Gasteiger partial charge < -0.3 is 16.2 Å². The SMILES string of the molecule is Nc1cc(C(=O)O)c(F)cc1NC1C2C3CCC(C3)C12. The summed E-state index contributed by atoms with van der Waals surface area (Å²) in [4.78, 5) is 10.9. The van der Waals surface area contributed by atoms with E-state index in [2.05, 4.69) is 5.32 Å². The molecule has 0 radical (unpaired) electrons. The van der Waals surface area contributed by atoms with E-state index in [0.717, 1.165) is 23.7 Å².